The molecule has 1 N–H and O–H groups in total. The molecule has 4 nitrogen and oxygen atoms in total. The van der Waals surface area contributed by atoms with Gasteiger partial charge in [0.1, 0.15) is 6.04 Å². The lowest BCUT2D eigenvalue weighted by molar-refractivity contribution is -0.0512. The number of ether oxygens (including phenoxy) is 2. The molecular formula is C14H18F2N2O2. The molecule has 0 heterocycles. The highest BCUT2D eigenvalue weighted by atomic mass is 19.3. The molecule has 0 aliphatic carbocycles. The van der Waals surface area contributed by atoms with Crippen LogP contribution in [0.2, 0.25) is 0 Å². The number of nitrogens with zero attached hydrogens (tertiary/aromatic N) is 1. The zero-order chi connectivity index (χ0) is 15.1. The van der Waals surface area contributed by atoms with Crippen molar-refractivity contribution in [1.82, 2.24) is 5.32 Å². The third kappa shape index (κ3) is 4.67. The molecule has 0 aliphatic rings. The number of hydrogen-bond acceptors (Lipinski definition) is 4. The van der Waals surface area contributed by atoms with Crippen molar-refractivity contribution in [2.24, 2.45) is 5.92 Å². The molecule has 1 rings (SSSR count). The van der Waals surface area contributed by atoms with E-state index < -0.39 is 12.7 Å². The summed E-state index contributed by atoms with van der Waals surface area (Å²) in [5, 5.41) is 12.2. The van der Waals surface area contributed by atoms with Crippen molar-refractivity contribution in [3.05, 3.63) is 23.8 Å². The average molecular weight is 284 g/mol. The Labute approximate surface area is 117 Å². The molecule has 0 amide bonds. The van der Waals surface area contributed by atoms with Gasteiger partial charge in [-0.3, -0.25) is 5.32 Å². The number of halogens is 2. The molecule has 110 valence electrons. The van der Waals surface area contributed by atoms with Gasteiger partial charge in [-0.25, -0.2) is 0 Å². The zero-order valence-electron chi connectivity index (χ0n) is 11.7. The van der Waals surface area contributed by atoms with E-state index in [-0.39, 0.29) is 11.5 Å². The van der Waals surface area contributed by atoms with Gasteiger partial charge in [0, 0.05) is 0 Å². The Kier molecular flexibility index (Phi) is 6.19. The van der Waals surface area contributed by atoms with E-state index >= 15 is 0 Å². The van der Waals surface area contributed by atoms with Crippen molar-refractivity contribution in [3.8, 4) is 17.6 Å². The number of hydrogen-bond donors (Lipinski definition) is 1. The first kappa shape index (κ1) is 16.2. The summed E-state index contributed by atoms with van der Waals surface area (Å²) in [6.07, 6.45) is 0. The van der Waals surface area contributed by atoms with Gasteiger partial charge in [-0.15, -0.1) is 0 Å². The lowest BCUT2D eigenvalue weighted by Gasteiger charge is -2.16. The van der Waals surface area contributed by atoms with Crippen LogP contribution >= 0.6 is 0 Å². The number of methoxy groups -OCH3 is 1. The fourth-order valence-electron chi connectivity index (χ4n) is 1.65. The molecule has 0 aromatic heterocycles. The van der Waals surface area contributed by atoms with Crippen molar-refractivity contribution in [1.29, 1.82) is 5.26 Å². The second-order valence-corrected chi connectivity index (χ2v) is 4.65. The second-order valence-electron chi connectivity index (χ2n) is 4.65. The molecule has 0 saturated carbocycles. The Hall–Kier alpha value is -1.87. The molecule has 1 aromatic carbocycles. The molecular weight excluding hydrogens is 266 g/mol. The van der Waals surface area contributed by atoms with Crippen LogP contribution in [0.5, 0.6) is 11.5 Å². The van der Waals surface area contributed by atoms with Crippen LogP contribution in [-0.4, -0.2) is 20.3 Å². The molecule has 0 bridgehead atoms. The van der Waals surface area contributed by atoms with Gasteiger partial charge < -0.3 is 9.47 Å². The van der Waals surface area contributed by atoms with Crippen LogP contribution in [0.15, 0.2) is 18.2 Å². The van der Waals surface area contributed by atoms with Crippen LogP contribution < -0.4 is 14.8 Å². The van der Waals surface area contributed by atoms with Crippen LogP contribution in [0.4, 0.5) is 8.78 Å². The number of rotatable bonds is 7. The van der Waals surface area contributed by atoms with Gasteiger partial charge in [0.15, 0.2) is 11.5 Å². The number of alkyl halides is 2. The first-order valence-corrected chi connectivity index (χ1v) is 6.23. The van der Waals surface area contributed by atoms with Crippen molar-refractivity contribution in [2.75, 3.05) is 13.7 Å². The Morgan fingerprint density at radius 3 is 2.50 bits per heavy atom. The lowest BCUT2D eigenvalue weighted by atomic mass is 10.1. The van der Waals surface area contributed by atoms with Gasteiger partial charge in [-0.1, -0.05) is 19.9 Å². The largest absolute Gasteiger partial charge is 0.493 e. The fourth-order valence-corrected chi connectivity index (χ4v) is 1.65. The van der Waals surface area contributed by atoms with Gasteiger partial charge >= 0.3 is 6.61 Å². The highest BCUT2D eigenvalue weighted by Crippen LogP contribution is 2.31. The maximum Gasteiger partial charge on any atom is 0.387 e. The van der Waals surface area contributed by atoms with Crippen LogP contribution in [0.3, 0.4) is 0 Å². The molecule has 0 spiro atoms. The monoisotopic (exact) mass is 284 g/mol. The fraction of sp³-hybridized carbons (Fsp3) is 0.500. The SMILES string of the molecule is COc1ccc(C(C#N)NCC(C)C)cc1OC(F)F. The minimum atomic E-state index is -2.94. The van der Waals surface area contributed by atoms with E-state index in [1.807, 2.05) is 13.8 Å². The molecule has 20 heavy (non-hydrogen) atoms. The molecule has 0 saturated heterocycles. The van der Waals surface area contributed by atoms with Crippen molar-refractivity contribution < 1.29 is 18.3 Å². The highest BCUT2D eigenvalue weighted by molar-refractivity contribution is 5.44. The smallest absolute Gasteiger partial charge is 0.387 e. The number of benzene rings is 1. The normalized spacial score (nSPS) is 12.3. The van der Waals surface area contributed by atoms with Crippen LogP contribution in [0.25, 0.3) is 0 Å². The van der Waals surface area contributed by atoms with Gasteiger partial charge in [0.05, 0.1) is 13.2 Å². The molecule has 1 atom stereocenters. The Morgan fingerprint density at radius 1 is 1.30 bits per heavy atom. The van der Waals surface area contributed by atoms with Crippen LogP contribution in [-0.2, 0) is 0 Å². The summed E-state index contributed by atoms with van der Waals surface area (Å²) in [6.45, 7) is 1.74. The topological polar surface area (TPSA) is 54.3 Å². The summed E-state index contributed by atoms with van der Waals surface area (Å²) >= 11 is 0. The third-order valence-corrected chi connectivity index (χ3v) is 2.60. The molecule has 0 aliphatic heterocycles. The molecule has 1 aromatic rings. The van der Waals surface area contributed by atoms with E-state index in [4.69, 9.17) is 10.00 Å². The highest BCUT2D eigenvalue weighted by Gasteiger charge is 2.16. The van der Waals surface area contributed by atoms with Gasteiger partial charge in [0.2, 0.25) is 0 Å². The van der Waals surface area contributed by atoms with Crippen molar-refractivity contribution in [3.63, 3.8) is 0 Å². The predicted octanol–water partition coefficient (Wildman–Crippen LogP) is 3.11. The van der Waals surface area contributed by atoms with Gasteiger partial charge in [-0.2, -0.15) is 14.0 Å². The summed E-state index contributed by atoms with van der Waals surface area (Å²) in [4.78, 5) is 0. The van der Waals surface area contributed by atoms with Crippen LogP contribution in [0, 0.1) is 17.2 Å². The first-order chi connectivity index (χ1) is 9.47. The van der Waals surface area contributed by atoms with Gasteiger partial charge in [-0.05, 0) is 30.2 Å². The van der Waals surface area contributed by atoms with Crippen LogP contribution in [0.1, 0.15) is 25.5 Å². The predicted molar refractivity (Wildman–Crippen MR) is 70.8 cm³/mol. The summed E-state index contributed by atoms with van der Waals surface area (Å²) in [5.74, 6) is 0.502. The summed E-state index contributed by atoms with van der Waals surface area (Å²) < 4.78 is 34.0. The quantitative estimate of drug-likeness (QED) is 0.836. The summed E-state index contributed by atoms with van der Waals surface area (Å²) in [5.41, 5.74) is 0.560. The van der Waals surface area contributed by atoms with Crippen molar-refractivity contribution >= 4 is 0 Å². The first-order valence-electron chi connectivity index (χ1n) is 6.23. The Bertz CT molecular complexity index is 473. The van der Waals surface area contributed by atoms with Crippen molar-refractivity contribution in [2.45, 2.75) is 26.5 Å². The summed E-state index contributed by atoms with van der Waals surface area (Å²) in [6, 6.07) is 6.07. The Balaban J connectivity index is 2.96. The van der Waals surface area contributed by atoms with E-state index in [1.54, 1.807) is 6.07 Å². The maximum absolute atomic E-state index is 12.3. The maximum atomic E-state index is 12.3. The van der Waals surface area contributed by atoms with E-state index in [0.717, 1.165) is 0 Å². The minimum Gasteiger partial charge on any atom is -0.493 e. The van der Waals surface area contributed by atoms with E-state index in [2.05, 4.69) is 16.1 Å². The van der Waals surface area contributed by atoms with Gasteiger partial charge in [0.25, 0.3) is 0 Å². The molecule has 0 fully saturated rings. The zero-order valence-corrected chi connectivity index (χ0v) is 11.7. The molecule has 6 heteroatoms. The number of nitrogens with one attached hydrogen (secondary N) is 1. The Morgan fingerprint density at radius 2 is 2.00 bits per heavy atom. The average Bonchev–Trinajstić information content (AvgIpc) is 2.38. The minimum absolute atomic E-state index is 0.0772. The van der Waals surface area contributed by atoms with E-state index in [9.17, 15) is 8.78 Å². The van der Waals surface area contributed by atoms with E-state index in [0.29, 0.717) is 18.0 Å². The lowest BCUT2D eigenvalue weighted by Crippen LogP contribution is -2.24. The molecule has 0 radical (unpaired) electrons. The standard InChI is InChI=1S/C14H18F2N2O2/c1-9(2)8-18-11(7-17)10-4-5-12(19-3)13(6-10)20-14(15)16/h4-6,9,11,14,18H,8H2,1-3H3. The number of nitriles is 1. The molecule has 1 unspecified atom stereocenters. The summed E-state index contributed by atoms with van der Waals surface area (Å²) in [7, 11) is 1.37. The second kappa shape index (κ2) is 7.65. The van der Waals surface area contributed by atoms with E-state index in [1.165, 1.54) is 19.2 Å². The third-order valence-electron chi connectivity index (χ3n) is 2.60.